The van der Waals surface area contributed by atoms with Crippen LogP contribution in [0.15, 0.2) is 108 Å². The molecule has 5 heterocycles. The quantitative estimate of drug-likeness (QED) is 0.0559. The summed E-state index contributed by atoms with van der Waals surface area (Å²) >= 11 is 0. The van der Waals surface area contributed by atoms with E-state index in [1.54, 1.807) is 30.6 Å². The molecular weight excluding hydrogens is 973 g/mol. The Hall–Kier alpha value is -6.73. The number of aromatic amines is 1. The molecule has 1 unspecified atom stereocenters. The van der Waals surface area contributed by atoms with Gasteiger partial charge in [0.15, 0.2) is 11.5 Å². The van der Waals surface area contributed by atoms with Crippen molar-refractivity contribution in [3.05, 3.63) is 136 Å². The molecule has 3 aliphatic heterocycles. The Morgan fingerprint density at radius 1 is 0.960 bits per heavy atom. The number of pyridine rings is 1. The standard InChI is InChI=1S/C57H66N8O9S/c1-37(2)45-8-4-5-9-46(45)50-35-62(34-40-7-6-10-51-53(40)73-36-72-51)25-26-64(50)42-30-57(31-42)20-23-63(24-21-57)41-11-13-47(52(28-41)74-43-27-39-17-22-58-54(39)60-33-43)55(66)61-75(70,71)44-12-14-48(49(29-44)65(68)69)59-32-38-15-18-56(3,67)19-16-38/h4-14,17,22,27-29,33,37-38,42,50,59,67H,15-16,18-21,23-26,30-32,34-36H2,1-3H3,(H,58,60)(H,61,66). The Bertz CT molecular complexity index is 3210. The number of hydrogen-bond donors (Lipinski definition) is 4. The summed E-state index contributed by atoms with van der Waals surface area (Å²) < 4.78 is 47.9. The summed E-state index contributed by atoms with van der Waals surface area (Å²) in [7, 11) is -4.59. The first-order chi connectivity index (χ1) is 36.1. The summed E-state index contributed by atoms with van der Waals surface area (Å²) in [6, 6.07) is 28.2. The largest absolute Gasteiger partial charge is 0.455 e. The van der Waals surface area contributed by atoms with Gasteiger partial charge in [-0.25, -0.2) is 18.1 Å². The number of amides is 1. The molecule has 75 heavy (non-hydrogen) atoms. The first kappa shape index (κ1) is 50.4. The van der Waals surface area contributed by atoms with E-state index in [2.05, 4.69) is 85.0 Å². The minimum absolute atomic E-state index is 0.0326. The van der Waals surface area contributed by atoms with Crippen LogP contribution in [-0.4, -0.2) is 102 Å². The summed E-state index contributed by atoms with van der Waals surface area (Å²) in [4.78, 5) is 40.5. The molecule has 6 aromatic rings. The van der Waals surface area contributed by atoms with Gasteiger partial charge in [-0.05, 0) is 129 Å². The molecule has 1 amide bonds. The van der Waals surface area contributed by atoms with Gasteiger partial charge in [0.05, 0.1) is 27.2 Å². The van der Waals surface area contributed by atoms with Gasteiger partial charge in [-0.3, -0.25) is 24.7 Å². The molecule has 4 N–H and O–H groups in total. The highest BCUT2D eigenvalue weighted by Crippen LogP contribution is 2.54. The van der Waals surface area contributed by atoms with Crippen molar-refractivity contribution in [3.63, 3.8) is 0 Å². The van der Waals surface area contributed by atoms with Crippen molar-refractivity contribution in [3.8, 4) is 23.0 Å². The molecule has 2 saturated carbocycles. The summed E-state index contributed by atoms with van der Waals surface area (Å²) in [6.07, 6.45) is 10.4. The second kappa shape index (κ2) is 20.4. The minimum Gasteiger partial charge on any atom is -0.455 e. The number of hydrogen-bond acceptors (Lipinski definition) is 14. The van der Waals surface area contributed by atoms with Crippen LogP contribution in [-0.2, 0) is 16.6 Å². The molecule has 0 radical (unpaired) electrons. The molecule has 2 aliphatic carbocycles. The maximum atomic E-state index is 14.1. The molecule has 4 aromatic carbocycles. The third-order valence-corrected chi connectivity index (χ3v) is 18.0. The average Bonchev–Trinajstić information content (AvgIpc) is 4.08. The van der Waals surface area contributed by atoms with Crippen LogP contribution in [0.3, 0.4) is 0 Å². The predicted octanol–water partition coefficient (Wildman–Crippen LogP) is 9.90. The smallest absolute Gasteiger partial charge is 0.293 e. The number of rotatable bonds is 15. The Kier molecular flexibility index (Phi) is 13.7. The number of aliphatic hydroxyl groups is 1. The third-order valence-electron chi connectivity index (χ3n) is 16.6. The highest BCUT2D eigenvalue weighted by molar-refractivity contribution is 7.90. The van der Waals surface area contributed by atoms with Crippen LogP contribution in [0, 0.1) is 21.4 Å². The average molecular weight is 1040 g/mol. The number of nitrogens with one attached hydrogen (secondary N) is 3. The van der Waals surface area contributed by atoms with E-state index in [1.165, 1.54) is 23.3 Å². The lowest BCUT2D eigenvalue weighted by Gasteiger charge is -2.58. The van der Waals surface area contributed by atoms with E-state index < -0.39 is 37.0 Å². The lowest BCUT2D eigenvalue weighted by Crippen LogP contribution is -2.60. The van der Waals surface area contributed by atoms with Gasteiger partial charge in [-0.1, -0.05) is 50.2 Å². The van der Waals surface area contributed by atoms with Gasteiger partial charge in [0.25, 0.3) is 21.6 Å². The number of para-hydroxylation sites is 1. The Balaban J connectivity index is 0.781. The number of H-pyrrole nitrogens is 1. The summed E-state index contributed by atoms with van der Waals surface area (Å²) in [5, 5.41) is 26.5. The van der Waals surface area contributed by atoms with Gasteiger partial charge < -0.3 is 34.5 Å². The van der Waals surface area contributed by atoms with Gasteiger partial charge in [0.2, 0.25) is 6.79 Å². The molecule has 11 rings (SSSR count). The predicted molar refractivity (Wildman–Crippen MR) is 286 cm³/mol. The van der Waals surface area contributed by atoms with Gasteiger partial charge in [-0.2, -0.15) is 0 Å². The zero-order valence-corrected chi connectivity index (χ0v) is 43.6. The van der Waals surface area contributed by atoms with Crippen molar-refractivity contribution in [1.29, 1.82) is 0 Å². The van der Waals surface area contributed by atoms with Crippen LogP contribution in [0.2, 0.25) is 0 Å². The molecule has 5 aliphatic rings. The van der Waals surface area contributed by atoms with Crippen molar-refractivity contribution in [2.75, 3.05) is 56.3 Å². The maximum absolute atomic E-state index is 14.1. The molecule has 17 nitrogen and oxygen atoms in total. The van der Waals surface area contributed by atoms with Crippen molar-refractivity contribution >= 4 is 44.0 Å². The number of sulfonamides is 1. The van der Waals surface area contributed by atoms with Crippen molar-refractivity contribution in [1.82, 2.24) is 24.5 Å². The molecule has 1 atom stereocenters. The second-order valence-corrected chi connectivity index (χ2v) is 23.7. The van der Waals surface area contributed by atoms with Gasteiger partial charge >= 0.3 is 0 Å². The lowest BCUT2D eigenvalue weighted by atomic mass is 9.59. The van der Waals surface area contributed by atoms with E-state index in [4.69, 9.17) is 14.2 Å². The number of nitro groups is 1. The number of anilines is 2. The number of fused-ring (bicyclic) bond motifs is 2. The van der Waals surface area contributed by atoms with Crippen LogP contribution in [0.25, 0.3) is 11.0 Å². The number of carbonyl (C=O) groups is 1. The zero-order chi connectivity index (χ0) is 52.1. The van der Waals surface area contributed by atoms with Crippen LogP contribution in [0.1, 0.15) is 111 Å². The maximum Gasteiger partial charge on any atom is 0.293 e. The number of piperazine rings is 1. The van der Waals surface area contributed by atoms with Gasteiger partial charge in [0, 0.05) is 92.9 Å². The molecule has 2 aromatic heterocycles. The number of aromatic nitrogens is 2. The molecule has 4 fully saturated rings. The lowest BCUT2D eigenvalue weighted by molar-refractivity contribution is -0.384. The number of benzene rings is 4. The van der Waals surface area contributed by atoms with Crippen molar-refractivity contribution < 1.29 is 37.5 Å². The van der Waals surface area contributed by atoms with E-state index in [9.17, 15) is 28.4 Å². The first-order valence-electron chi connectivity index (χ1n) is 26.4. The second-order valence-electron chi connectivity index (χ2n) is 22.0. The van der Waals surface area contributed by atoms with E-state index in [0.717, 1.165) is 112 Å². The SMILES string of the molecule is CC(C)c1ccccc1C1CN(Cc2cccc3c2OCO3)CCN1C1CC2(CCN(c3ccc(C(=O)NS(=O)(=O)c4ccc(NCC5CCC(C)(O)CC5)c([N+](=O)[O-])c4)c(Oc4cnc5[nH]ccc5c4)c3)CC2)C1. The normalized spacial score (nSPS) is 22.1. The monoisotopic (exact) mass is 1040 g/mol. The molecule has 394 valence electrons. The number of nitro benzene ring substituents is 1. The number of carbonyl (C=O) groups excluding carboxylic acids is 1. The topological polar surface area (TPSA) is 205 Å². The Morgan fingerprint density at radius 3 is 2.55 bits per heavy atom. The Labute approximate surface area is 437 Å². The number of ether oxygens (including phenoxy) is 3. The number of piperidine rings is 1. The van der Waals surface area contributed by atoms with Crippen LogP contribution in [0.4, 0.5) is 17.1 Å². The molecule has 2 saturated heterocycles. The highest BCUT2D eigenvalue weighted by Gasteiger charge is 2.50. The molecule has 0 bridgehead atoms. The minimum atomic E-state index is -4.59. The Morgan fingerprint density at radius 2 is 1.76 bits per heavy atom. The van der Waals surface area contributed by atoms with Crippen LogP contribution >= 0.6 is 0 Å². The van der Waals surface area contributed by atoms with E-state index in [0.29, 0.717) is 42.7 Å². The van der Waals surface area contributed by atoms with Crippen LogP contribution < -0.4 is 29.1 Å². The van der Waals surface area contributed by atoms with Crippen LogP contribution in [0.5, 0.6) is 23.0 Å². The van der Waals surface area contributed by atoms with E-state index >= 15 is 0 Å². The third kappa shape index (κ3) is 10.6. The zero-order valence-electron chi connectivity index (χ0n) is 42.8. The highest BCUT2D eigenvalue weighted by atomic mass is 32.2. The van der Waals surface area contributed by atoms with Crippen molar-refractivity contribution in [2.24, 2.45) is 11.3 Å². The fourth-order valence-electron chi connectivity index (χ4n) is 12.3. The van der Waals surface area contributed by atoms with Gasteiger partial charge in [-0.15, -0.1) is 0 Å². The summed E-state index contributed by atoms with van der Waals surface area (Å²) in [5.41, 5.74) is 4.68. The molecule has 18 heteroatoms. The number of nitrogens with zero attached hydrogens (tertiary/aromatic N) is 5. The van der Waals surface area contributed by atoms with E-state index in [-0.39, 0.29) is 41.2 Å². The molecule has 1 spiro atoms. The first-order valence-corrected chi connectivity index (χ1v) is 27.8. The van der Waals surface area contributed by atoms with E-state index in [1.807, 2.05) is 25.1 Å². The fourth-order valence-corrected chi connectivity index (χ4v) is 13.3. The molecular formula is C57H66N8O9S. The summed E-state index contributed by atoms with van der Waals surface area (Å²) in [6.45, 7) is 12.3. The van der Waals surface area contributed by atoms with Crippen molar-refractivity contribution in [2.45, 2.75) is 107 Å². The summed E-state index contributed by atoms with van der Waals surface area (Å²) in [5.74, 6) is 1.82. The van der Waals surface area contributed by atoms with Gasteiger partial charge in [0.1, 0.15) is 22.8 Å². The fraction of sp³-hybridized carbons (Fsp3) is 0.439.